The molecule has 37 heavy (non-hydrogen) atoms. The number of carbonyl (C=O) groups is 2. The summed E-state index contributed by atoms with van der Waals surface area (Å²) in [6.45, 7) is 17.3. The lowest BCUT2D eigenvalue weighted by Crippen LogP contribution is -2.56. The average Bonchev–Trinajstić information content (AvgIpc) is 3.03. The van der Waals surface area contributed by atoms with E-state index in [1.807, 2.05) is 6.08 Å². The number of hydrogen-bond acceptors (Lipinski definition) is 4. The van der Waals surface area contributed by atoms with Gasteiger partial charge < -0.3 is 14.9 Å². The first-order valence-corrected chi connectivity index (χ1v) is 14.6. The lowest BCUT2D eigenvalue weighted by molar-refractivity contribution is -0.153. The highest BCUT2D eigenvalue weighted by Gasteiger charge is 2.67. The Morgan fingerprint density at radius 3 is 2.35 bits per heavy atom. The summed E-state index contributed by atoms with van der Waals surface area (Å²) in [5, 5.41) is 20.1. The van der Waals surface area contributed by atoms with Crippen molar-refractivity contribution in [3.05, 3.63) is 22.8 Å². The molecule has 0 radical (unpaired) electrons. The van der Waals surface area contributed by atoms with Crippen LogP contribution in [0.2, 0.25) is 0 Å². The molecule has 0 aromatic rings. The minimum atomic E-state index is -0.850. The van der Waals surface area contributed by atoms with E-state index in [-0.39, 0.29) is 39.8 Å². The molecule has 2 N–H and O–H groups in total. The van der Waals surface area contributed by atoms with Gasteiger partial charge in [0.05, 0.1) is 6.10 Å². The second-order valence-corrected chi connectivity index (χ2v) is 14.1. The van der Waals surface area contributed by atoms with E-state index in [9.17, 15) is 19.8 Å². The van der Waals surface area contributed by atoms with E-state index in [1.54, 1.807) is 18.1 Å². The van der Waals surface area contributed by atoms with Gasteiger partial charge in [-0.25, -0.2) is 4.79 Å². The molecule has 0 aromatic heterocycles. The predicted octanol–water partition coefficient (Wildman–Crippen LogP) is 7.09. The minimum absolute atomic E-state index is 0.0177. The highest BCUT2D eigenvalue weighted by Crippen LogP contribution is 2.73. The lowest BCUT2D eigenvalue weighted by Gasteiger charge is -2.62. The Labute approximate surface area is 224 Å². The molecule has 208 valence electrons. The number of allylic oxidation sites excluding steroid dienone is 2. The normalized spacial score (nSPS) is 41.9. The van der Waals surface area contributed by atoms with Crippen molar-refractivity contribution in [3.8, 4) is 0 Å². The molecule has 2 saturated carbocycles. The highest BCUT2D eigenvalue weighted by atomic mass is 16.5. The summed E-state index contributed by atoms with van der Waals surface area (Å²) in [5.74, 6) is 0.224. The van der Waals surface area contributed by atoms with Crippen molar-refractivity contribution in [2.45, 2.75) is 125 Å². The van der Waals surface area contributed by atoms with Crippen LogP contribution in [-0.4, -0.2) is 34.4 Å². The summed E-state index contributed by atoms with van der Waals surface area (Å²) in [7, 11) is 0. The Balaban J connectivity index is 1.72. The standard InChI is InChI=1S/C32H50O5/c1-19(10-9-11-20(2)28(35)36)24-18-27(37-21(3)33)32(8)23-12-13-25-29(4,5)26(34)15-16-30(25,6)22(23)14-17-31(24,32)7/h11,19,24-27,34H,9-10,12-18H2,1-8H3,(H,35,36). The van der Waals surface area contributed by atoms with Gasteiger partial charge in [-0.15, -0.1) is 0 Å². The van der Waals surface area contributed by atoms with Crippen LogP contribution in [0.3, 0.4) is 0 Å². The van der Waals surface area contributed by atoms with Gasteiger partial charge in [-0.3, -0.25) is 4.79 Å². The number of carbonyl (C=O) groups excluding carboxylic acids is 1. The number of carboxylic acids is 1. The Morgan fingerprint density at radius 2 is 1.73 bits per heavy atom. The van der Waals surface area contributed by atoms with Crippen molar-refractivity contribution >= 4 is 11.9 Å². The molecule has 2 fully saturated rings. The largest absolute Gasteiger partial charge is 0.478 e. The minimum Gasteiger partial charge on any atom is -0.478 e. The van der Waals surface area contributed by atoms with Crippen LogP contribution in [0, 0.1) is 39.4 Å². The fourth-order valence-electron chi connectivity index (χ4n) is 9.81. The third-order valence-electron chi connectivity index (χ3n) is 12.2. The van der Waals surface area contributed by atoms with Crippen LogP contribution in [0.1, 0.15) is 113 Å². The van der Waals surface area contributed by atoms with Crippen LogP contribution < -0.4 is 0 Å². The molecule has 8 unspecified atom stereocenters. The molecular weight excluding hydrogens is 464 g/mol. The number of aliphatic hydroxyl groups excluding tert-OH is 1. The number of hydrogen-bond donors (Lipinski definition) is 2. The number of fused-ring (bicyclic) bond motifs is 4. The maximum atomic E-state index is 12.4. The van der Waals surface area contributed by atoms with Crippen molar-refractivity contribution in [2.75, 3.05) is 0 Å². The van der Waals surface area contributed by atoms with E-state index in [2.05, 4.69) is 41.5 Å². The summed E-state index contributed by atoms with van der Waals surface area (Å²) >= 11 is 0. The third kappa shape index (κ3) is 4.22. The van der Waals surface area contributed by atoms with Crippen LogP contribution in [-0.2, 0) is 14.3 Å². The van der Waals surface area contributed by atoms with E-state index >= 15 is 0 Å². The van der Waals surface area contributed by atoms with E-state index in [1.165, 1.54) is 6.92 Å². The molecule has 0 bridgehead atoms. The maximum Gasteiger partial charge on any atom is 0.330 e. The monoisotopic (exact) mass is 514 g/mol. The second kappa shape index (κ2) is 9.54. The Bertz CT molecular complexity index is 1010. The third-order valence-corrected chi connectivity index (χ3v) is 12.2. The first-order valence-electron chi connectivity index (χ1n) is 14.6. The van der Waals surface area contributed by atoms with Crippen LogP contribution in [0.4, 0.5) is 0 Å². The molecule has 5 nitrogen and oxygen atoms in total. The number of esters is 1. The summed E-state index contributed by atoms with van der Waals surface area (Å²) in [4.78, 5) is 23.6. The number of rotatable bonds is 6. The van der Waals surface area contributed by atoms with Crippen molar-refractivity contribution in [1.82, 2.24) is 0 Å². The molecular formula is C32H50O5. The molecule has 0 amide bonds. The first-order chi connectivity index (χ1) is 17.1. The molecule has 5 heteroatoms. The van der Waals surface area contributed by atoms with Gasteiger partial charge in [-0.05, 0) is 98.7 Å². The Kier molecular flexibility index (Phi) is 7.32. The highest BCUT2D eigenvalue weighted by molar-refractivity contribution is 5.85. The lowest BCUT2D eigenvalue weighted by atomic mass is 9.43. The summed E-state index contributed by atoms with van der Waals surface area (Å²) in [6.07, 6.45) is 10.2. The Morgan fingerprint density at radius 1 is 1.05 bits per heavy atom. The molecule has 8 atom stereocenters. The molecule has 0 heterocycles. The molecule has 0 aromatic carbocycles. The average molecular weight is 515 g/mol. The zero-order valence-electron chi connectivity index (χ0n) is 24.4. The van der Waals surface area contributed by atoms with Crippen LogP contribution >= 0.6 is 0 Å². The predicted molar refractivity (Wildman–Crippen MR) is 146 cm³/mol. The topological polar surface area (TPSA) is 83.8 Å². The summed E-state index contributed by atoms with van der Waals surface area (Å²) in [6, 6.07) is 0. The maximum absolute atomic E-state index is 12.4. The smallest absolute Gasteiger partial charge is 0.330 e. The van der Waals surface area contributed by atoms with Crippen LogP contribution in [0.15, 0.2) is 22.8 Å². The molecule has 0 spiro atoms. The zero-order valence-corrected chi connectivity index (χ0v) is 24.4. The van der Waals surface area contributed by atoms with Crippen molar-refractivity contribution < 1.29 is 24.5 Å². The number of aliphatic carboxylic acids is 1. The second-order valence-electron chi connectivity index (χ2n) is 14.1. The van der Waals surface area contributed by atoms with Crippen molar-refractivity contribution in [1.29, 1.82) is 0 Å². The molecule has 0 saturated heterocycles. The van der Waals surface area contributed by atoms with Gasteiger partial charge in [0.1, 0.15) is 6.10 Å². The van der Waals surface area contributed by atoms with E-state index in [4.69, 9.17) is 4.74 Å². The molecule has 0 aliphatic heterocycles. The van der Waals surface area contributed by atoms with Gasteiger partial charge in [-0.2, -0.15) is 0 Å². The van der Waals surface area contributed by atoms with Gasteiger partial charge in [0.25, 0.3) is 0 Å². The van der Waals surface area contributed by atoms with E-state index in [0.717, 1.165) is 57.8 Å². The van der Waals surface area contributed by atoms with Crippen LogP contribution in [0.5, 0.6) is 0 Å². The van der Waals surface area contributed by atoms with E-state index in [0.29, 0.717) is 23.3 Å². The van der Waals surface area contributed by atoms with Gasteiger partial charge in [0.15, 0.2) is 0 Å². The van der Waals surface area contributed by atoms with Crippen LogP contribution in [0.25, 0.3) is 0 Å². The molecule has 4 aliphatic carbocycles. The number of carboxylic acid groups (broad SMARTS) is 1. The zero-order chi connectivity index (χ0) is 27.6. The number of ether oxygens (including phenoxy) is 1. The van der Waals surface area contributed by atoms with Gasteiger partial charge in [-0.1, -0.05) is 58.8 Å². The van der Waals surface area contributed by atoms with Gasteiger partial charge >= 0.3 is 11.9 Å². The summed E-state index contributed by atoms with van der Waals surface area (Å²) in [5.41, 5.74) is 3.37. The fraction of sp³-hybridized carbons (Fsp3) is 0.812. The van der Waals surface area contributed by atoms with Gasteiger partial charge in [0.2, 0.25) is 0 Å². The van der Waals surface area contributed by atoms with Gasteiger partial charge in [0, 0.05) is 17.9 Å². The SMILES string of the molecule is CC(=O)OC1CC(C(C)CCC=C(C)C(=O)O)C2(C)CCC3=C(CCC4C3(C)CCC(O)C4(C)C)C12C. The first kappa shape index (κ1) is 28.4. The summed E-state index contributed by atoms with van der Waals surface area (Å²) < 4.78 is 6.18. The molecule has 4 rings (SSSR count). The van der Waals surface area contributed by atoms with E-state index < -0.39 is 5.97 Å². The fourth-order valence-corrected chi connectivity index (χ4v) is 9.81. The quantitative estimate of drug-likeness (QED) is 0.225. The number of aliphatic hydroxyl groups is 1. The Hall–Kier alpha value is -1.62. The van der Waals surface area contributed by atoms with Crippen molar-refractivity contribution in [3.63, 3.8) is 0 Å². The molecule has 4 aliphatic rings. The van der Waals surface area contributed by atoms with Crippen molar-refractivity contribution in [2.24, 2.45) is 39.4 Å².